The summed E-state index contributed by atoms with van der Waals surface area (Å²) in [4.78, 5) is 15.4. The van der Waals surface area contributed by atoms with E-state index in [-0.39, 0.29) is 12.1 Å². The molecule has 2 aliphatic heterocycles. The summed E-state index contributed by atoms with van der Waals surface area (Å²) in [5.74, 6) is 0.0239. The highest BCUT2D eigenvalue weighted by molar-refractivity contribution is 7.16. The van der Waals surface area contributed by atoms with Crippen LogP contribution in [0.2, 0.25) is 5.02 Å². The summed E-state index contributed by atoms with van der Waals surface area (Å²) < 4.78 is 0. The summed E-state index contributed by atoms with van der Waals surface area (Å²) in [6.45, 7) is 2.09. The first-order chi connectivity index (χ1) is 10.6. The van der Waals surface area contributed by atoms with Gasteiger partial charge in [0, 0.05) is 11.4 Å². The lowest BCUT2D eigenvalue weighted by atomic mass is 10.0. The van der Waals surface area contributed by atoms with Crippen molar-refractivity contribution in [3.63, 3.8) is 0 Å². The molecule has 1 aromatic carbocycles. The van der Waals surface area contributed by atoms with Crippen molar-refractivity contribution in [2.24, 2.45) is 0 Å². The number of hydrogen-bond donors (Lipinski definition) is 3. The summed E-state index contributed by atoms with van der Waals surface area (Å²) in [5, 5.41) is 8.19. The fourth-order valence-corrected chi connectivity index (χ4v) is 4.77. The Kier molecular flexibility index (Phi) is 3.36. The van der Waals surface area contributed by atoms with Crippen molar-refractivity contribution in [3.05, 3.63) is 50.9 Å². The molecular formula is C16H17ClN3OS+. The molecule has 0 saturated carbocycles. The third kappa shape index (κ3) is 2.29. The van der Waals surface area contributed by atoms with Crippen molar-refractivity contribution >= 4 is 33.8 Å². The van der Waals surface area contributed by atoms with Crippen LogP contribution in [0.25, 0.3) is 0 Å². The van der Waals surface area contributed by atoms with E-state index in [1.807, 2.05) is 24.3 Å². The highest BCUT2D eigenvalue weighted by Crippen LogP contribution is 2.39. The molecule has 3 N–H and O–H groups in total. The number of thiophene rings is 1. The van der Waals surface area contributed by atoms with E-state index in [1.165, 1.54) is 15.3 Å². The first kappa shape index (κ1) is 14.1. The number of benzene rings is 1. The maximum Gasteiger partial charge on any atom is 0.256 e. The van der Waals surface area contributed by atoms with E-state index in [4.69, 9.17) is 11.6 Å². The molecule has 2 aromatic rings. The zero-order valence-corrected chi connectivity index (χ0v) is 13.8. The van der Waals surface area contributed by atoms with Crippen molar-refractivity contribution in [2.75, 3.05) is 18.9 Å². The molecule has 4 nitrogen and oxygen atoms in total. The van der Waals surface area contributed by atoms with E-state index in [9.17, 15) is 4.79 Å². The average molecular weight is 335 g/mol. The molecular weight excluding hydrogens is 318 g/mol. The topological polar surface area (TPSA) is 45.6 Å². The number of amides is 1. The van der Waals surface area contributed by atoms with Crippen LogP contribution in [0.4, 0.5) is 5.00 Å². The van der Waals surface area contributed by atoms with E-state index in [2.05, 4.69) is 17.7 Å². The number of anilines is 1. The molecule has 4 rings (SSSR count). The Morgan fingerprint density at radius 1 is 1.36 bits per heavy atom. The highest BCUT2D eigenvalue weighted by Gasteiger charge is 2.33. The van der Waals surface area contributed by atoms with Crippen LogP contribution in [0.5, 0.6) is 0 Å². The SMILES string of the molecule is C[NH+]1CCc2c(sc3c2C(=O)NC(c2cccc(Cl)c2)N3)C1. The summed E-state index contributed by atoms with van der Waals surface area (Å²) in [6.07, 6.45) is 0.757. The number of nitrogens with one attached hydrogen (secondary N) is 3. The number of carbonyl (C=O) groups excluding carboxylic acids is 1. The van der Waals surface area contributed by atoms with Crippen molar-refractivity contribution in [2.45, 2.75) is 19.1 Å². The van der Waals surface area contributed by atoms with Crippen molar-refractivity contribution in [1.29, 1.82) is 0 Å². The number of carbonyl (C=O) groups is 1. The van der Waals surface area contributed by atoms with Gasteiger partial charge in [-0.15, -0.1) is 11.3 Å². The Morgan fingerprint density at radius 3 is 3.05 bits per heavy atom. The van der Waals surface area contributed by atoms with Crippen LogP contribution in [-0.4, -0.2) is 19.5 Å². The summed E-state index contributed by atoms with van der Waals surface area (Å²) in [7, 11) is 2.20. The second-order valence-corrected chi connectivity index (χ2v) is 7.49. The van der Waals surface area contributed by atoms with Gasteiger partial charge in [-0.05, 0) is 23.3 Å². The predicted molar refractivity (Wildman–Crippen MR) is 88.8 cm³/mol. The van der Waals surface area contributed by atoms with Gasteiger partial charge < -0.3 is 15.5 Å². The molecule has 1 amide bonds. The van der Waals surface area contributed by atoms with Gasteiger partial charge >= 0.3 is 0 Å². The van der Waals surface area contributed by atoms with Crippen LogP contribution in [0.3, 0.4) is 0 Å². The van der Waals surface area contributed by atoms with Crippen molar-refractivity contribution < 1.29 is 9.69 Å². The fourth-order valence-electron chi connectivity index (χ4n) is 3.19. The molecule has 0 radical (unpaired) electrons. The van der Waals surface area contributed by atoms with Crippen LogP contribution in [-0.2, 0) is 13.0 Å². The Bertz CT molecular complexity index is 758. The largest absolute Gasteiger partial charge is 0.353 e. The third-order valence-electron chi connectivity index (χ3n) is 4.31. The molecule has 22 heavy (non-hydrogen) atoms. The smallest absolute Gasteiger partial charge is 0.256 e. The number of quaternary nitrogens is 1. The van der Waals surface area contributed by atoms with Gasteiger partial charge in [0.05, 0.1) is 24.0 Å². The molecule has 114 valence electrons. The number of halogens is 1. The Hall–Kier alpha value is -1.56. The predicted octanol–water partition coefficient (Wildman–Crippen LogP) is 1.83. The second-order valence-electron chi connectivity index (χ2n) is 5.95. The van der Waals surface area contributed by atoms with Gasteiger partial charge in [-0.3, -0.25) is 4.79 Å². The number of likely N-dealkylation sites (N-methyl/N-ethyl adjacent to an activating group) is 1. The molecule has 0 saturated heterocycles. The summed E-state index contributed by atoms with van der Waals surface area (Å²) in [5.41, 5.74) is 3.06. The Labute approximate surface area is 138 Å². The Morgan fingerprint density at radius 2 is 2.23 bits per heavy atom. The van der Waals surface area contributed by atoms with Crippen LogP contribution in [0, 0.1) is 0 Å². The third-order valence-corrected chi connectivity index (χ3v) is 5.71. The minimum Gasteiger partial charge on any atom is -0.353 e. The van der Waals surface area contributed by atoms with Gasteiger partial charge in [0.25, 0.3) is 5.91 Å². The molecule has 2 atom stereocenters. The lowest BCUT2D eigenvalue weighted by molar-refractivity contribution is -0.895. The van der Waals surface area contributed by atoms with Gasteiger partial charge in [-0.1, -0.05) is 23.7 Å². The van der Waals surface area contributed by atoms with Gasteiger partial charge in [-0.25, -0.2) is 0 Å². The lowest BCUT2D eigenvalue weighted by Crippen LogP contribution is -3.08. The van der Waals surface area contributed by atoms with Crippen LogP contribution in [0.1, 0.15) is 32.5 Å². The molecule has 2 unspecified atom stereocenters. The van der Waals surface area contributed by atoms with E-state index in [1.54, 1.807) is 11.3 Å². The number of hydrogen-bond acceptors (Lipinski definition) is 3. The van der Waals surface area contributed by atoms with Crippen molar-refractivity contribution in [1.82, 2.24) is 5.32 Å². The number of rotatable bonds is 1. The second kappa shape index (κ2) is 5.26. The van der Waals surface area contributed by atoms with E-state index in [0.717, 1.165) is 35.6 Å². The minimum atomic E-state index is -0.219. The molecule has 3 heterocycles. The molecule has 0 fully saturated rings. The first-order valence-electron chi connectivity index (χ1n) is 7.40. The van der Waals surface area contributed by atoms with Gasteiger partial charge in [0.2, 0.25) is 0 Å². The normalized spacial score (nSPS) is 23.3. The van der Waals surface area contributed by atoms with Crippen LogP contribution in [0.15, 0.2) is 24.3 Å². The quantitative estimate of drug-likeness (QED) is 0.745. The number of fused-ring (bicyclic) bond motifs is 3. The van der Waals surface area contributed by atoms with Gasteiger partial charge in [0.1, 0.15) is 17.7 Å². The monoisotopic (exact) mass is 334 g/mol. The maximum absolute atomic E-state index is 12.6. The van der Waals surface area contributed by atoms with Crippen LogP contribution >= 0.6 is 22.9 Å². The lowest BCUT2D eigenvalue weighted by Gasteiger charge is -2.27. The molecule has 2 aliphatic rings. The standard InChI is InChI=1S/C16H16ClN3OS/c1-20-6-5-11-12(8-20)22-16-13(11)15(21)18-14(19-16)9-3-2-4-10(17)7-9/h2-4,7,14,19H,5-6,8H2,1H3,(H,18,21)/p+1. The highest BCUT2D eigenvalue weighted by atomic mass is 35.5. The maximum atomic E-state index is 12.6. The molecule has 6 heteroatoms. The zero-order chi connectivity index (χ0) is 15.3. The van der Waals surface area contributed by atoms with Crippen molar-refractivity contribution in [3.8, 4) is 0 Å². The van der Waals surface area contributed by atoms with E-state index in [0.29, 0.717) is 5.02 Å². The van der Waals surface area contributed by atoms with E-state index >= 15 is 0 Å². The fraction of sp³-hybridized carbons (Fsp3) is 0.312. The summed E-state index contributed by atoms with van der Waals surface area (Å²) >= 11 is 7.78. The van der Waals surface area contributed by atoms with E-state index < -0.39 is 0 Å². The zero-order valence-electron chi connectivity index (χ0n) is 12.2. The molecule has 1 aromatic heterocycles. The first-order valence-corrected chi connectivity index (χ1v) is 8.60. The Balaban J connectivity index is 1.71. The average Bonchev–Trinajstić information content (AvgIpc) is 2.84. The minimum absolute atomic E-state index is 0.0239. The van der Waals surface area contributed by atoms with Gasteiger partial charge in [-0.2, -0.15) is 0 Å². The summed E-state index contributed by atoms with van der Waals surface area (Å²) in [6, 6.07) is 7.60. The molecule has 0 bridgehead atoms. The van der Waals surface area contributed by atoms with Gasteiger partial charge in [0.15, 0.2) is 0 Å². The molecule has 0 spiro atoms. The molecule has 0 aliphatic carbocycles. The van der Waals surface area contributed by atoms with Crippen LogP contribution < -0.4 is 15.5 Å².